The first-order valence-electron chi connectivity index (χ1n) is 8.95. The average molecular weight is 304 g/mol. The van der Waals surface area contributed by atoms with Crippen LogP contribution in [0.4, 0.5) is 0 Å². The van der Waals surface area contributed by atoms with Gasteiger partial charge in [-0.3, -0.25) is 4.79 Å². The van der Waals surface area contributed by atoms with Crippen LogP contribution in [0.1, 0.15) is 71.1 Å². The second-order valence-corrected chi connectivity index (χ2v) is 6.29. The van der Waals surface area contributed by atoms with Crippen molar-refractivity contribution in [3.8, 4) is 0 Å². The number of carboxylic acids is 1. The number of hydrogen-bond donors (Lipinski definition) is 1. The van der Waals surface area contributed by atoms with Gasteiger partial charge in [0.15, 0.2) is 0 Å². The Balaban J connectivity index is 1.97. The van der Waals surface area contributed by atoms with Gasteiger partial charge in [0, 0.05) is 6.42 Å². The molecular weight excluding hydrogens is 272 g/mol. The number of hydrogen-bond acceptors (Lipinski definition) is 1. The molecule has 0 heterocycles. The number of unbranched alkanes of at least 4 members (excludes halogenated alkanes) is 6. The SMILES string of the molecule is CCCCCCCC=CC1CC1C=CC=CCCCC(=O)O. The number of allylic oxidation sites excluding steroid dienone is 6. The average Bonchev–Trinajstić information content (AvgIpc) is 3.23. The number of carbonyl (C=O) groups is 1. The molecule has 0 aromatic heterocycles. The molecule has 2 atom stereocenters. The zero-order chi connectivity index (χ0) is 16.0. The standard InChI is InChI=1S/C20H32O2/c1-2-3-4-5-6-8-11-14-18-17-19(18)15-12-9-7-10-13-16-20(21)22/h7,9,11-12,14-15,18-19H,2-6,8,10,13,16-17H2,1H3,(H,21,22). The molecule has 1 fully saturated rings. The largest absolute Gasteiger partial charge is 0.481 e. The first-order valence-corrected chi connectivity index (χ1v) is 8.95. The van der Waals surface area contributed by atoms with Crippen molar-refractivity contribution in [3.63, 3.8) is 0 Å². The number of aliphatic carboxylic acids is 1. The summed E-state index contributed by atoms with van der Waals surface area (Å²) in [5, 5.41) is 8.52. The second kappa shape index (κ2) is 12.3. The molecule has 0 amide bonds. The minimum absolute atomic E-state index is 0.266. The molecule has 1 saturated carbocycles. The van der Waals surface area contributed by atoms with Crippen molar-refractivity contribution in [3.05, 3.63) is 36.5 Å². The van der Waals surface area contributed by atoms with Crippen LogP contribution in [0.5, 0.6) is 0 Å². The number of rotatable bonds is 13. The molecule has 124 valence electrons. The van der Waals surface area contributed by atoms with Gasteiger partial charge in [0.25, 0.3) is 0 Å². The lowest BCUT2D eigenvalue weighted by atomic mass is 10.1. The van der Waals surface area contributed by atoms with E-state index in [9.17, 15) is 4.79 Å². The lowest BCUT2D eigenvalue weighted by Gasteiger charge is -1.95. The fourth-order valence-electron chi connectivity index (χ4n) is 2.57. The Kier molecular flexibility index (Phi) is 10.4. The minimum atomic E-state index is -0.707. The molecule has 2 heteroatoms. The predicted octanol–water partition coefficient (Wildman–Crippen LogP) is 5.91. The van der Waals surface area contributed by atoms with Gasteiger partial charge in [-0.25, -0.2) is 0 Å². The maximum atomic E-state index is 10.4. The van der Waals surface area contributed by atoms with Crippen molar-refractivity contribution >= 4 is 5.97 Å². The third kappa shape index (κ3) is 10.4. The van der Waals surface area contributed by atoms with Gasteiger partial charge in [-0.05, 0) is 43.9 Å². The Morgan fingerprint density at radius 2 is 1.68 bits per heavy atom. The first kappa shape index (κ1) is 18.7. The van der Waals surface area contributed by atoms with Crippen LogP contribution in [0.2, 0.25) is 0 Å². The fraction of sp³-hybridized carbons (Fsp3) is 0.650. The fourth-order valence-corrected chi connectivity index (χ4v) is 2.57. The Morgan fingerprint density at radius 3 is 2.45 bits per heavy atom. The van der Waals surface area contributed by atoms with Gasteiger partial charge in [-0.2, -0.15) is 0 Å². The molecule has 1 aliphatic rings. The van der Waals surface area contributed by atoms with E-state index in [4.69, 9.17) is 5.11 Å². The summed E-state index contributed by atoms with van der Waals surface area (Å²) in [5.74, 6) is 0.772. The van der Waals surface area contributed by atoms with E-state index in [2.05, 4.69) is 43.4 Å². The Hall–Kier alpha value is -1.31. The van der Waals surface area contributed by atoms with E-state index in [0.29, 0.717) is 0 Å². The van der Waals surface area contributed by atoms with Gasteiger partial charge in [0.1, 0.15) is 0 Å². The van der Waals surface area contributed by atoms with Crippen LogP contribution in [0.15, 0.2) is 36.5 Å². The van der Waals surface area contributed by atoms with E-state index in [-0.39, 0.29) is 6.42 Å². The normalized spacial score (nSPS) is 21.3. The van der Waals surface area contributed by atoms with Crippen LogP contribution >= 0.6 is 0 Å². The van der Waals surface area contributed by atoms with Crippen molar-refractivity contribution in [1.82, 2.24) is 0 Å². The van der Waals surface area contributed by atoms with Crippen molar-refractivity contribution in [2.75, 3.05) is 0 Å². The summed E-state index contributed by atoms with van der Waals surface area (Å²) in [4.78, 5) is 10.4. The quantitative estimate of drug-likeness (QED) is 0.261. The Morgan fingerprint density at radius 1 is 0.955 bits per heavy atom. The monoisotopic (exact) mass is 304 g/mol. The van der Waals surface area contributed by atoms with Crippen molar-refractivity contribution < 1.29 is 9.90 Å². The zero-order valence-electron chi connectivity index (χ0n) is 14.0. The molecule has 22 heavy (non-hydrogen) atoms. The second-order valence-electron chi connectivity index (χ2n) is 6.29. The van der Waals surface area contributed by atoms with Gasteiger partial charge in [-0.15, -0.1) is 0 Å². The molecule has 0 radical (unpaired) electrons. The molecule has 0 aromatic rings. The minimum Gasteiger partial charge on any atom is -0.481 e. The van der Waals surface area contributed by atoms with E-state index in [0.717, 1.165) is 24.7 Å². The third-order valence-corrected chi connectivity index (χ3v) is 4.12. The van der Waals surface area contributed by atoms with E-state index < -0.39 is 5.97 Å². The maximum absolute atomic E-state index is 10.4. The lowest BCUT2D eigenvalue weighted by molar-refractivity contribution is -0.137. The first-order chi connectivity index (χ1) is 10.7. The van der Waals surface area contributed by atoms with E-state index >= 15 is 0 Å². The molecule has 1 aliphatic carbocycles. The Bertz CT molecular complexity index is 379. The molecule has 1 rings (SSSR count). The summed E-state index contributed by atoms with van der Waals surface area (Å²) in [7, 11) is 0. The topological polar surface area (TPSA) is 37.3 Å². The van der Waals surface area contributed by atoms with E-state index in [1.807, 2.05) is 0 Å². The molecule has 0 aromatic carbocycles. The highest BCUT2D eigenvalue weighted by Gasteiger charge is 2.31. The van der Waals surface area contributed by atoms with Crippen molar-refractivity contribution in [2.45, 2.75) is 71.1 Å². The summed E-state index contributed by atoms with van der Waals surface area (Å²) < 4.78 is 0. The maximum Gasteiger partial charge on any atom is 0.303 e. The third-order valence-electron chi connectivity index (χ3n) is 4.12. The van der Waals surface area contributed by atoms with Gasteiger partial charge in [0.2, 0.25) is 0 Å². The highest BCUT2D eigenvalue weighted by atomic mass is 16.4. The van der Waals surface area contributed by atoms with Gasteiger partial charge >= 0.3 is 5.97 Å². The predicted molar refractivity (Wildman–Crippen MR) is 93.9 cm³/mol. The van der Waals surface area contributed by atoms with Crippen LogP contribution in [0.25, 0.3) is 0 Å². The van der Waals surface area contributed by atoms with E-state index in [1.54, 1.807) is 0 Å². The molecule has 2 unspecified atom stereocenters. The van der Waals surface area contributed by atoms with E-state index in [1.165, 1.54) is 44.9 Å². The molecule has 0 spiro atoms. The highest BCUT2D eigenvalue weighted by Crippen LogP contribution is 2.40. The van der Waals surface area contributed by atoms with Gasteiger partial charge in [-0.1, -0.05) is 69.1 Å². The van der Waals surface area contributed by atoms with Crippen LogP contribution in [0, 0.1) is 11.8 Å². The molecule has 2 nitrogen and oxygen atoms in total. The summed E-state index contributed by atoms with van der Waals surface area (Å²) in [6.45, 7) is 2.26. The molecule has 0 saturated heterocycles. The lowest BCUT2D eigenvalue weighted by Crippen LogP contribution is -1.92. The summed E-state index contributed by atoms with van der Waals surface area (Å²) >= 11 is 0. The highest BCUT2D eigenvalue weighted by molar-refractivity contribution is 5.66. The summed E-state index contributed by atoms with van der Waals surface area (Å²) in [6, 6.07) is 0. The van der Waals surface area contributed by atoms with Crippen molar-refractivity contribution in [1.29, 1.82) is 0 Å². The Labute approximate surface area is 136 Å². The van der Waals surface area contributed by atoms with Crippen molar-refractivity contribution in [2.24, 2.45) is 11.8 Å². The molecule has 1 N–H and O–H groups in total. The van der Waals surface area contributed by atoms with Gasteiger partial charge in [0.05, 0.1) is 0 Å². The molecule has 0 bridgehead atoms. The summed E-state index contributed by atoms with van der Waals surface area (Å²) in [5.41, 5.74) is 0. The molecule has 0 aliphatic heterocycles. The zero-order valence-corrected chi connectivity index (χ0v) is 14.0. The number of carboxylic acid groups (broad SMARTS) is 1. The van der Waals surface area contributed by atoms with Crippen LogP contribution in [-0.2, 0) is 4.79 Å². The molecular formula is C20H32O2. The smallest absolute Gasteiger partial charge is 0.303 e. The van der Waals surface area contributed by atoms with Crippen LogP contribution in [-0.4, -0.2) is 11.1 Å². The van der Waals surface area contributed by atoms with Crippen LogP contribution < -0.4 is 0 Å². The summed E-state index contributed by atoms with van der Waals surface area (Å²) in [6.07, 6.45) is 24.4. The van der Waals surface area contributed by atoms with Crippen LogP contribution in [0.3, 0.4) is 0 Å². The van der Waals surface area contributed by atoms with Gasteiger partial charge < -0.3 is 5.11 Å².